The largest absolute Gasteiger partial charge is 0.483 e. The molecule has 0 radical (unpaired) electrons. The van der Waals surface area contributed by atoms with Crippen LogP contribution < -0.4 is 0 Å². The van der Waals surface area contributed by atoms with Crippen LogP contribution in [0.4, 0.5) is 0 Å². The average molecular weight is 188 g/mol. The highest BCUT2D eigenvalue weighted by atomic mass is 16.3. The van der Waals surface area contributed by atoms with Crippen LogP contribution in [0.5, 0.6) is 0 Å². The van der Waals surface area contributed by atoms with Gasteiger partial charge in [-0.25, -0.2) is 0 Å². The second-order valence-electron chi connectivity index (χ2n) is 2.46. The summed E-state index contributed by atoms with van der Waals surface area (Å²) >= 11 is 0. The van der Waals surface area contributed by atoms with E-state index < -0.39 is 0 Å². The molecule has 0 aliphatic rings. The maximum absolute atomic E-state index is 8.68. The number of para-hydroxylation sites is 1. The molecule has 0 aliphatic carbocycles. The van der Waals surface area contributed by atoms with Gasteiger partial charge in [0, 0.05) is 11.6 Å². The number of carbonyl (C=O) groups is 1. The predicted octanol–water partition coefficient (Wildman–Crippen LogP) is 1.74. The minimum atomic E-state index is -0.250. The van der Waals surface area contributed by atoms with E-state index in [0.717, 1.165) is 10.9 Å². The van der Waals surface area contributed by atoms with Crippen LogP contribution in [0.2, 0.25) is 0 Å². The number of aromatic amines is 1. The van der Waals surface area contributed by atoms with Crippen molar-refractivity contribution in [3.05, 3.63) is 36.0 Å². The van der Waals surface area contributed by atoms with Crippen molar-refractivity contribution in [3.8, 4) is 6.07 Å². The van der Waals surface area contributed by atoms with Gasteiger partial charge in [0.15, 0.2) is 0 Å². The number of hydrogen-bond donors (Lipinski definition) is 2. The maximum Gasteiger partial charge on any atom is 0.290 e. The third kappa shape index (κ3) is 1.90. The molecule has 4 heteroatoms. The Morgan fingerprint density at radius 2 is 2.14 bits per heavy atom. The standard InChI is InChI=1S/C9H6N2.CH2O2/c10-6-8-3-1-2-7-4-5-11-9(7)8;2-1-3/h1-5,11H;1H,(H,2,3). The summed E-state index contributed by atoms with van der Waals surface area (Å²) in [7, 11) is 0. The number of nitrogens with zero attached hydrogens (tertiary/aromatic N) is 1. The van der Waals surface area contributed by atoms with E-state index in [-0.39, 0.29) is 6.47 Å². The summed E-state index contributed by atoms with van der Waals surface area (Å²) in [6.07, 6.45) is 1.84. The van der Waals surface area contributed by atoms with Gasteiger partial charge in [0.05, 0.1) is 11.1 Å². The average Bonchev–Trinajstić information content (AvgIpc) is 2.66. The molecule has 2 rings (SSSR count). The lowest BCUT2D eigenvalue weighted by molar-refractivity contribution is -0.122. The Labute approximate surface area is 80.4 Å². The Balaban J connectivity index is 0.000000293. The normalized spacial score (nSPS) is 8.50. The summed E-state index contributed by atoms with van der Waals surface area (Å²) in [6.45, 7) is -0.250. The molecule has 0 amide bonds. The number of rotatable bonds is 0. The Morgan fingerprint density at radius 1 is 1.43 bits per heavy atom. The lowest BCUT2D eigenvalue weighted by Gasteiger charge is -1.90. The Hall–Kier alpha value is -2.28. The molecule has 0 unspecified atom stereocenters. The molecular formula is C10H8N2O2. The number of carboxylic acid groups (broad SMARTS) is 1. The molecule has 2 aromatic rings. The van der Waals surface area contributed by atoms with Crippen molar-refractivity contribution < 1.29 is 9.90 Å². The quantitative estimate of drug-likeness (QED) is 0.618. The molecule has 0 spiro atoms. The molecule has 1 aromatic heterocycles. The van der Waals surface area contributed by atoms with E-state index in [1.807, 2.05) is 24.4 Å². The van der Waals surface area contributed by atoms with E-state index in [4.69, 9.17) is 15.2 Å². The van der Waals surface area contributed by atoms with Crippen LogP contribution in [0.3, 0.4) is 0 Å². The fourth-order valence-corrected chi connectivity index (χ4v) is 1.18. The molecule has 0 bridgehead atoms. The van der Waals surface area contributed by atoms with Crippen LogP contribution in [0.15, 0.2) is 30.5 Å². The van der Waals surface area contributed by atoms with Gasteiger partial charge in [0.1, 0.15) is 6.07 Å². The number of fused-ring (bicyclic) bond motifs is 1. The zero-order chi connectivity index (χ0) is 10.4. The van der Waals surface area contributed by atoms with Crippen molar-refractivity contribution >= 4 is 17.4 Å². The second kappa shape index (κ2) is 4.67. The molecular weight excluding hydrogens is 180 g/mol. The highest BCUT2D eigenvalue weighted by Gasteiger charge is 1.97. The van der Waals surface area contributed by atoms with Gasteiger partial charge in [0.25, 0.3) is 6.47 Å². The van der Waals surface area contributed by atoms with Crippen LogP contribution >= 0.6 is 0 Å². The topological polar surface area (TPSA) is 76.9 Å². The van der Waals surface area contributed by atoms with E-state index in [0.29, 0.717) is 5.56 Å². The van der Waals surface area contributed by atoms with Gasteiger partial charge in [-0.1, -0.05) is 12.1 Å². The van der Waals surface area contributed by atoms with Crippen molar-refractivity contribution in [1.29, 1.82) is 5.26 Å². The first-order valence-corrected chi connectivity index (χ1v) is 3.87. The highest BCUT2D eigenvalue weighted by molar-refractivity contribution is 5.84. The minimum Gasteiger partial charge on any atom is -0.483 e. The molecule has 0 saturated carbocycles. The van der Waals surface area contributed by atoms with Gasteiger partial charge < -0.3 is 10.1 Å². The smallest absolute Gasteiger partial charge is 0.290 e. The summed E-state index contributed by atoms with van der Waals surface area (Å²) in [5, 5.41) is 16.7. The number of H-pyrrole nitrogens is 1. The first-order chi connectivity index (χ1) is 6.83. The summed E-state index contributed by atoms with van der Waals surface area (Å²) in [5.74, 6) is 0. The molecule has 1 aromatic carbocycles. The van der Waals surface area contributed by atoms with Gasteiger partial charge in [-0.15, -0.1) is 0 Å². The van der Waals surface area contributed by atoms with Gasteiger partial charge in [0.2, 0.25) is 0 Å². The monoisotopic (exact) mass is 188 g/mol. The Morgan fingerprint density at radius 3 is 2.79 bits per heavy atom. The molecule has 0 saturated heterocycles. The number of nitrogens with one attached hydrogen (secondary N) is 1. The zero-order valence-electron chi connectivity index (χ0n) is 7.27. The van der Waals surface area contributed by atoms with Crippen LogP contribution in [-0.4, -0.2) is 16.6 Å². The lowest BCUT2D eigenvalue weighted by atomic mass is 10.2. The predicted molar refractivity (Wildman–Crippen MR) is 51.7 cm³/mol. The number of nitriles is 1. The van der Waals surface area contributed by atoms with Crippen molar-refractivity contribution in [2.45, 2.75) is 0 Å². The molecule has 70 valence electrons. The number of benzene rings is 1. The van der Waals surface area contributed by atoms with Gasteiger partial charge in [-0.2, -0.15) is 5.26 Å². The van der Waals surface area contributed by atoms with E-state index in [2.05, 4.69) is 11.1 Å². The summed E-state index contributed by atoms with van der Waals surface area (Å²) in [5.41, 5.74) is 1.63. The molecule has 14 heavy (non-hydrogen) atoms. The Bertz CT molecular complexity index is 468. The SMILES string of the molecule is N#Cc1cccc2cc[nH]c12.O=CO. The molecule has 1 heterocycles. The zero-order valence-corrected chi connectivity index (χ0v) is 7.27. The van der Waals surface area contributed by atoms with Crippen molar-refractivity contribution in [1.82, 2.24) is 4.98 Å². The van der Waals surface area contributed by atoms with Crippen molar-refractivity contribution in [3.63, 3.8) is 0 Å². The van der Waals surface area contributed by atoms with Gasteiger partial charge in [-0.05, 0) is 12.1 Å². The summed E-state index contributed by atoms with van der Waals surface area (Å²) in [6, 6.07) is 9.75. The van der Waals surface area contributed by atoms with Crippen molar-refractivity contribution in [2.75, 3.05) is 0 Å². The fraction of sp³-hybridized carbons (Fsp3) is 0. The second-order valence-corrected chi connectivity index (χ2v) is 2.46. The summed E-state index contributed by atoms with van der Waals surface area (Å²) in [4.78, 5) is 11.4. The molecule has 2 N–H and O–H groups in total. The third-order valence-corrected chi connectivity index (χ3v) is 1.71. The summed E-state index contributed by atoms with van der Waals surface area (Å²) < 4.78 is 0. The van der Waals surface area contributed by atoms with E-state index >= 15 is 0 Å². The van der Waals surface area contributed by atoms with E-state index in [9.17, 15) is 0 Å². The number of aromatic nitrogens is 1. The van der Waals surface area contributed by atoms with Gasteiger partial charge >= 0.3 is 0 Å². The molecule has 0 atom stereocenters. The Kier molecular flexibility index (Phi) is 3.27. The molecule has 4 nitrogen and oxygen atoms in total. The minimum absolute atomic E-state index is 0.250. The highest BCUT2D eigenvalue weighted by Crippen LogP contribution is 2.15. The van der Waals surface area contributed by atoms with Gasteiger partial charge in [-0.3, -0.25) is 4.79 Å². The molecule has 0 fully saturated rings. The first kappa shape index (κ1) is 9.81. The van der Waals surface area contributed by atoms with E-state index in [1.165, 1.54) is 0 Å². The van der Waals surface area contributed by atoms with Crippen molar-refractivity contribution in [2.24, 2.45) is 0 Å². The third-order valence-electron chi connectivity index (χ3n) is 1.71. The first-order valence-electron chi connectivity index (χ1n) is 3.87. The van der Waals surface area contributed by atoms with Crippen LogP contribution in [0.25, 0.3) is 10.9 Å². The fourth-order valence-electron chi connectivity index (χ4n) is 1.18. The van der Waals surface area contributed by atoms with Crippen LogP contribution in [0, 0.1) is 11.3 Å². The maximum atomic E-state index is 8.68. The number of hydrogen-bond acceptors (Lipinski definition) is 2. The lowest BCUT2D eigenvalue weighted by Crippen LogP contribution is -1.75. The van der Waals surface area contributed by atoms with Crippen LogP contribution in [-0.2, 0) is 4.79 Å². The van der Waals surface area contributed by atoms with Crippen LogP contribution in [0.1, 0.15) is 5.56 Å². The van der Waals surface area contributed by atoms with E-state index in [1.54, 1.807) is 6.07 Å². The molecule has 0 aliphatic heterocycles.